The van der Waals surface area contributed by atoms with E-state index in [2.05, 4.69) is 15.5 Å². The molecule has 3 amide bonds. The Morgan fingerprint density at radius 2 is 1.93 bits per heavy atom. The highest BCUT2D eigenvalue weighted by Gasteiger charge is 2.45. The third-order valence-corrected chi connectivity index (χ3v) is 6.48. The van der Waals surface area contributed by atoms with Gasteiger partial charge in [-0.3, -0.25) is 9.89 Å². The smallest absolute Gasteiger partial charge is 0.321 e. The SMILES string of the molecule is CC1(C)c2n[nH]c(NC(=O)c3ccc(Cl)cc3)c2CN1C(=O)N1CCC(CN)CC1. The lowest BCUT2D eigenvalue weighted by atomic mass is 9.97. The van der Waals surface area contributed by atoms with Crippen LogP contribution in [0.3, 0.4) is 0 Å². The summed E-state index contributed by atoms with van der Waals surface area (Å²) < 4.78 is 0. The molecule has 0 aliphatic carbocycles. The molecule has 1 aromatic carbocycles. The van der Waals surface area contributed by atoms with E-state index in [0.717, 1.165) is 37.2 Å². The average molecular weight is 431 g/mol. The van der Waals surface area contributed by atoms with E-state index in [0.29, 0.717) is 35.4 Å². The number of rotatable bonds is 3. The van der Waals surface area contributed by atoms with Gasteiger partial charge in [0.2, 0.25) is 0 Å². The Balaban J connectivity index is 1.50. The Morgan fingerprint density at radius 1 is 1.27 bits per heavy atom. The molecule has 160 valence electrons. The van der Waals surface area contributed by atoms with Crippen LogP contribution in [0.5, 0.6) is 0 Å². The molecule has 3 heterocycles. The molecule has 1 aromatic heterocycles. The minimum atomic E-state index is -0.573. The molecule has 1 saturated heterocycles. The van der Waals surface area contributed by atoms with Crippen LogP contribution in [0.1, 0.15) is 48.3 Å². The number of nitrogens with one attached hydrogen (secondary N) is 2. The molecule has 0 unspecified atom stereocenters. The normalized spacial score (nSPS) is 18.4. The molecule has 4 N–H and O–H groups in total. The number of aromatic nitrogens is 2. The van der Waals surface area contributed by atoms with Gasteiger partial charge in [0, 0.05) is 29.2 Å². The van der Waals surface area contributed by atoms with Crippen LogP contribution in [0.25, 0.3) is 0 Å². The Labute approximate surface area is 180 Å². The highest BCUT2D eigenvalue weighted by atomic mass is 35.5. The molecule has 2 aliphatic heterocycles. The van der Waals surface area contributed by atoms with Crippen LogP contribution in [0.2, 0.25) is 5.02 Å². The predicted octanol–water partition coefficient (Wildman–Crippen LogP) is 3.16. The molecule has 0 radical (unpaired) electrons. The van der Waals surface area contributed by atoms with Gasteiger partial charge >= 0.3 is 6.03 Å². The fraction of sp³-hybridized carbons (Fsp3) is 0.476. The Hall–Kier alpha value is -2.58. The maximum atomic E-state index is 13.2. The molecule has 4 rings (SSSR count). The molecule has 30 heavy (non-hydrogen) atoms. The Bertz CT molecular complexity index is 947. The third kappa shape index (κ3) is 3.65. The molecule has 0 atom stereocenters. The van der Waals surface area contributed by atoms with Crippen LogP contribution in [0.15, 0.2) is 24.3 Å². The van der Waals surface area contributed by atoms with E-state index in [1.807, 2.05) is 23.6 Å². The minimum absolute atomic E-state index is 0.00319. The maximum absolute atomic E-state index is 13.2. The van der Waals surface area contributed by atoms with Gasteiger partial charge in [0.1, 0.15) is 5.82 Å². The highest BCUT2D eigenvalue weighted by Crippen LogP contribution is 2.41. The van der Waals surface area contributed by atoms with E-state index in [9.17, 15) is 9.59 Å². The summed E-state index contributed by atoms with van der Waals surface area (Å²) in [6.45, 7) is 6.46. The number of halogens is 1. The lowest BCUT2D eigenvalue weighted by molar-refractivity contribution is 0.0942. The quantitative estimate of drug-likeness (QED) is 0.695. The summed E-state index contributed by atoms with van der Waals surface area (Å²) in [6, 6.07) is 6.68. The summed E-state index contributed by atoms with van der Waals surface area (Å²) in [5.41, 5.74) is 7.31. The number of fused-ring (bicyclic) bond motifs is 1. The van der Waals surface area contributed by atoms with Gasteiger partial charge in [-0.05, 0) is 63.4 Å². The van der Waals surface area contributed by atoms with Crippen LogP contribution < -0.4 is 11.1 Å². The van der Waals surface area contributed by atoms with Crippen molar-refractivity contribution in [3.05, 3.63) is 46.1 Å². The van der Waals surface area contributed by atoms with Gasteiger partial charge in [0.15, 0.2) is 0 Å². The first kappa shape index (κ1) is 20.7. The second-order valence-electron chi connectivity index (χ2n) is 8.48. The number of benzene rings is 1. The van der Waals surface area contributed by atoms with Crippen molar-refractivity contribution in [2.45, 2.75) is 38.8 Å². The van der Waals surface area contributed by atoms with Crippen molar-refractivity contribution in [2.24, 2.45) is 11.7 Å². The number of piperidine rings is 1. The van der Waals surface area contributed by atoms with Crippen LogP contribution in [-0.2, 0) is 12.1 Å². The zero-order valence-corrected chi connectivity index (χ0v) is 18.0. The van der Waals surface area contributed by atoms with Crippen molar-refractivity contribution in [2.75, 3.05) is 25.0 Å². The van der Waals surface area contributed by atoms with Crippen LogP contribution in [-0.4, -0.2) is 51.6 Å². The molecule has 2 aromatic rings. The number of nitrogens with two attached hydrogens (primary N) is 1. The van der Waals surface area contributed by atoms with E-state index in [1.54, 1.807) is 24.3 Å². The lowest BCUT2D eigenvalue weighted by Crippen LogP contribution is -2.51. The third-order valence-electron chi connectivity index (χ3n) is 6.23. The minimum Gasteiger partial charge on any atom is -0.330 e. The number of likely N-dealkylation sites (tertiary alicyclic amines) is 1. The second-order valence-corrected chi connectivity index (χ2v) is 8.92. The van der Waals surface area contributed by atoms with Gasteiger partial charge in [-0.15, -0.1) is 0 Å². The van der Waals surface area contributed by atoms with Crippen molar-refractivity contribution in [3.8, 4) is 0 Å². The molecule has 9 heteroatoms. The van der Waals surface area contributed by atoms with Crippen LogP contribution >= 0.6 is 11.6 Å². The number of hydrogen-bond acceptors (Lipinski definition) is 4. The first-order chi connectivity index (χ1) is 14.3. The monoisotopic (exact) mass is 430 g/mol. The number of amides is 3. The largest absolute Gasteiger partial charge is 0.330 e. The zero-order chi connectivity index (χ0) is 21.5. The number of urea groups is 1. The molecular formula is C21H27ClN6O2. The summed E-state index contributed by atoms with van der Waals surface area (Å²) in [6.07, 6.45) is 1.87. The fourth-order valence-electron chi connectivity index (χ4n) is 4.24. The van der Waals surface area contributed by atoms with Crippen LogP contribution in [0, 0.1) is 5.92 Å². The van der Waals surface area contributed by atoms with Crippen LogP contribution in [0.4, 0.5) is 10.6 Å². The van der Waals surface area contributed by atoms with Gasteiger partial charge in [0.25, 0.3) is 5.91 Å². The number of carbonyl (C=O) groups excluding carboxylic acids is 2. The molecule has 0 spiro atoms. The van der Waals surface area contributed by atoms with Crippen molar-refractivity contribution in [1.82, 2.24) is 20.0 Å². The van der Waals surface area contributed by atoms with Crippen molar-refractivity contribution < 1.29 is 9.59 Å². The van der Waals surface area contributed by atoms with Gasteiger partial charge in [-0.25, -0.2) is 4.79 Å². The number of nitrogens with zero attached hydrogens (tertiary/aromatic N) is 3. The predicted molar refractivity (Wildman–Crippen MR) is 115 cm³/mol. The number of carbonyl (C=O) groups is 2. The van der Waals surface area contributed by atoms with E-state index in [4.69, 9.17) is 17.3 Å². The standard InChI is InChI=1S/C21H27ClN6O2/c1-21(2)17-16(12-28(21)20(30)27-9-7-13(11-23)8-10-27)18(26-25-17)24-19(29)14-3-5-15(22)6-4-14/h3-6,13H,7-12,23H2,1-2H3,(H2,24,25,26,29). The summed E-state index contributed by atoms with van der Waals surface area (Å²) in [4.78, 5) is 29.6. The summed E-state index contributed by atoms with van der Waals surface area (Å²) in [7, 11) is 0. The Kier molecular flexibility index (Phi) is 5.46. The Morgan fingerprint density at radius 3 is 2.57 bits per heavy atom. The van der Waals surface area contributed by atoms with E-state index >= 15 is 0 Å². The summed E-state index contributed by atoms with van der Waals surface area (Å²) in [5, 5.41) is 10.8. The average Bonchev–Trinajstić information content (AvgIpc) is 3.26. The van der Waals surface area contributed by atoms with Crippen molar-refractivity contribution in [1.29, 1.82) is 0 Å². The first-order valence-corrected chi connectivity index (χ1v) is 10.6. The number of anilines is 1. The number of H-pyrrole nitrogens is 1. The fourth-order valence-corrected chi connectivity index (χ4v) is 4.36. The second kappa shape index (κ2) is 7.92. The highest BCUT2D eigenvalue weighted by molar-refractivity contribution is 6.30. The van der Waals surface area contributed by atoms with Crippen molar-refractivity contribution in [3.63, 3.8) is 0 Å². The molecule has 8 nitrogen and oxygen atoms in total. The lowest BCUT2D eigenvalue weighted by Gasteiger charge is -2.39. The van der Waals surface area contributed by atoms with E-state index in [-0.39, 0.29) is 11.9 Å². The van der Waals surface area contributed by atoms with Gasteiger partial charge < -0.3 is 20.9 Å². The molecule has 0 bridgehead atoms. The zero-order valence-electron chi connectivity index (χ0n) is 17.2. The van der Waals surface area contributed by atoms with Gasteiger partial charge in [-0.2, -0.15) is 5.10 Å². The molecular weight excluding hydrogens is 404 g/mol. The van der Waals surface area contributed by atoms with Gasteiger partial charge in [0.05, 0.1) is 17.8 Å². The molecule has 2 aliphatic rings. The van der Waals surface area contributed by atoms with E-state index < -0.39 is 5.54 Å². The topological polar surface area (TPSA) is 107 Å². The van der Waals surface area contributed by atoms with Gasteiger partial charge in [-0.1, -0.05) is 11.6 Å². The summed E-state index contributed by atoms with van der Waals surface area (Å²) >= 11 is 5.90. The van der Waals surface area contributed by atoms with E-state index in [1.165, 1.54) is 0 Å². The number of aromatic amines is 1. The first-order valence-electron chi connectivity index (χ1n) is 10.2. The molecule has 0 saturated carbocycles. The molecule has 1 fully saturated rings. The van der Waals surface area contributed by atoms with Crippen molar-refractivity contribution >= 4 is 29.4 Å². The number of hydrogen-bond donors (Lipinski definition) is 3. The summed E-state index contributed by atoms with van der Waals surface area (Å²) in [5.74, 6) is 0.755. The maximum Gasteiger partial charge on any atom is 0.321 e.